The molecule has 132 valence electrons. The standard InChI is InChI=1S/C22H27NO2/c1-15-5-4-6-19(12-15)21(20-13-16(2)11-17(3)14-20)23-9-7-18(8-10-23)22(24)25/h4-6,11-14,18,21H,7-10H2,1-3H3,(H,24,25). The summed E-state index contributed by atoms with van der Waals surface area (Å²) in [6, 6.07) is 15.6. The fourth-order valence-electron chi connectivity index (χ4n) is 4.03. The number of aryl methyl sites for hydroxylation is 3. The van der Waals surface area contributed by atoms with Crippen LogP contribution in [0.2, 0.25) is 0 Å². The molecule has 3 heteroatoms. The van der Waals surface area contributed by atoms with Crippen LogP contribution in [0.1, 0.15) is 46.7 Å². The zero-order valence-electron chi connectivity index (χ0n) is 15.3. The first-order valence-corrected chi connectivity index (χ1v) is 9.05. The Labute approximate surface area is 150 Å². The van der Waals surface area contributed by atoms with Crippen LogP contribution < -0.4 is 0 Å². The van der Waals surface area contributed by atoms with E-state index < -0.39 is 5.97 Å². The van der Waals surface area contributed by atoms with Crippen LogP contribution >= 0.6 is 0 Å². The summed E-state index contributed by atoms with van der Waals surface area (Å²) in [6.45, 7) is 8.05. The van der Waals surface area contributed by atoms with Gasteiger partial charge >= 0.3 is 5.97 Å². The lowest BCUT2D eigenvalue weighted by atomic mass is 9.89. The highest BCUT2D eigenvalue weighted by Gasteiger charge is 2.30. The maximum atomic E-state index is 11.3. The van der Waals surface area contributed by atoms with Crippen molar-refractivity contribution in [1.82, 2.24) is 4.90 Å². The van der Waals surface area contributed by atoms with Gasteiger partial charge in [-0.3, -0.25) is 9.69 Å². The van der Waals surface area contributed by atoms with Crippen LogP contribution in [0.4, 0.5) is 0 Å². The lowest BCUT2D eigenvalue weighted by Gasteiger charge is -2.37. The Morgan fingerprint density at radius 1 is 0.960 bits per heavy atom. The summed E-state index contributed by atoms with van der Waals surface area (Å²) in [7, 11) is 0. The highest BCUT2D eigenvalue weighted by Crippen LogP contribution is 2.33. The zero-order chi connectivity index (χ0) is 18.0. The molecule has 3 nitrogen and oxygen atoms in total. The molecule has 1 unspecified atom stereocenters. The smallest absolute Gasteiger partial charge is 0.306 e. The molecule has 0 radical (unpaired) electrons. The molecule has 25 heavy (non-hydrogen) atoms. The van der Waals surface area contributed by atoms with Crippen LogP contribution in [0, 0.1) is 26.7 Å². The van der Waals surface area contributed by atoms with Crippen molar-refractivity contribution in [3.05, 3.63) is 70.3 Å². The van der Waals surface area contributed by atoms with Gasteiger partial charge in [0, 0.05) is 0 Å². The van der Waals surface area contributed by atoms with Gasteiger partial charge in [-0.1, -0.05) is 59.2 Å². The van der Waals surface area contributed by atoms with Crippen LogP contribution in [0.5, 0.6) is 0 Å². The van der Waals surface area contributed by atoms with E-state index in [0.29, 0.717) is 0 Å². The summed E-state index contributed by atoms with van der Waals surface area (Å²) >= 11 is 0. The SMILES string of the molecule is Cc1cccc(C(c2cc(C)cc(C)c2)N2CCC(C(=O)O)CC2)c1. The topological polar surface area (TPSA) is 40.5 Å². The normalized spacial score (nSPS) is 17.4. The van der Waals surface area contributed by atoms with Crippen molar-refractivity contribution in [1.29, 1.82) is 0 Å². The van der Waals surface area contributed by atoms with Gasteiger partial charge in [-0.15, -0.1) is 0 Å². The van der Waals surface area contributed by atoms with Crippen LogP contribution in [-0.4, -0.2) is 29.1 Å². The average Bonchev–Trinajstić information content (AvgIpc) is 2.55. The fraction of sp³-hybridized carbons (Fsp3) is 0.409. The van der Waals surface area contributed by atoms with E-state index in [0.717, 1.165) is 25.9 Å². The number of rotatable bonds is 4. The zero-order valence-corrected chi connectivity index (χ0v) is 15.3. The summed E-state index contributed by atoms with van der Waals surface area (Å²) in [5.74, 6) is -0.855. The van der Waals surface area contributed by atoms with Crippen molar-refractivity contribution in [3.8, 4) is 0 Å². The van der Waals surface area contributed by atoms with Gasteiger partial charge in [-0.25, -0.2) is 0 Å². The number of likely N-dealkylation sites (tertiary alicyclic amines) is 1. The van der Waals surface area contributed by atoms with Crippen LogP contribution in [0.25, 0.3) is 0 Å². The number of benzene rings is 2. The monoisotopic (exact) mass is 337 g/mol. The highest BCUT2D eigenvalue weighted by molar-refractivity contribution is 5.70. The molecule has 1 atom stereocenters. The lowest BCUT2D eigenvalue weighted by molar-refractivity contribution is -0.143. The molecule has 3 rings (SSSR count). The van der Waals surface area contributed by atoms with Crippen molar-refractivity contribution in [3.63, 3.8) is 0 Å². The van der Waals surface area contributed by atoms with Gasteiger partial charge in [-0.05, 0) is 57.8 Å². The second-order valence-corrected chi connectivity index (χ2v) is 7.39. The molecule has 0 bridgehead atoms. The minimum Gasteiger partial charge on any atom is -0.481 e. The van der Waals surface area contributed by atoms with E-state index in [1.165, 1.54) is 27.8 Å². The molecular weight excluding hydrogens is 310 g/mol. The first-order valence-electron chi connectivity index (χ1n) is 9.05. The minimum atomic E-state index is -0.654. The molecule has 1 heterocycles. The molecule has 2 aromatic carbocycles. The third-order valence-electron chi connectivity index (χ3n) is 5.16. The maximum Gasteiger partial charge on any atom is 0.306 e. The Morgan fingerprint density at radius 3 is 2.12 bits per heavy atom. The molecule has 0 saturated carbocycles. The van der Waals surface area contributed by atoms with Crippen LogP contribution in [0.3, 0.4) is 0 Å². The second kappa shape index (κ2) is 7.40. The maximum absolute atomic E-state index is 11.3. The van der Waals surface area contributed by atoms with Crippen molar-refractivity contribution >= 4 is 5.97 Å². The van der Waals surface area contributed by atoms with Gasteiger partial charge in [0.05, 0.1) is 12.0 Å². The Bertz CT molecular complexity index is 740. The predicted octanol–water partition coefficient (Wildman–Crippen LogP) is 4.50. The molecule has 0 spiro atoms. The number of carbonyl (C=O) groups is 1. The van der Waals surface area contributed by atoms with Gasteiger partial charge in [0.25, 0.3) is 0 Å². The first-order chi connectivity index (χ1) is 11.9. The number of hydrogen-bond acceptors (Lipinski definition) is 2. The molecule has 1 aliphatic rings. The summed E-state index contributed by atoms with van der Waals surface area (Å²) in [6.07, 6.45) is 1.45. The summed E-state index contributed by atoms with van der Waals surface area (Å²) in [5.41, 5.74) is 6.39. The molecule has 2 aromatic rings. The van der Waals surface area contributed by atoms with Gasteiger partial charge in [0.15, 0.2) is 0 Å². The number of piperidine rings is 1. The van der Waals surface area contributed by atoms with Crippen molar-refractivity contribution < 1.29 is 9.90 Å². The Balaban J connectivity index is 1.96. The molecule has 0 aliphatic carbocycles. The number of aliphatic carboxylic acids is 1. The molecular formula is C22H27NO2. The molecule has 0 aromatic heterocycles. The van der Waals surface area contributed by atoms with Gasteiger partial charge < -0.3 is 5.11 Å². The summed E-state index contributed by atoms with van der Waals surface area (Å²) < 4.78 is 0. The number of carboxylic acid groups (broad SMARTS) is 1. The lowest BCUT2D eigenvalue weighted by Crippen LogP contribution is -2.39. The van der Waals surface area contributed by atoms with Crippen LogP contribution in [-0.2, 0) is 4.79 Å². The minimum absolute atomic E-state index is 0.188. The average molecular weight is 337 g/mol. The molecule has 1 N–H and O–H groups in total. The quantitative estimate of drug-likeness (QED) is 0.893. The van der Waals surface area contributed by atoms with Crippen LogP contribution in [0.15, 0.2) is 42.5 Å². The van der Waals surface area contributed by atoms with E-state index in [9.17, 15) is 9.90 Å². The van der Waals surface area contributed by atoms with Crippen molar-refractivity contribution in [2.75, 3.05) is 13.1 Å². The van der Waals surface area contributed by atoms with Gasteiger partial charge in [0.2, 0.25) is 0 Å². The highest BCUT2D eigenvalue weighted by atomic mass is 16.4. The largest absolute Gasteiger partial charge is 0.481 e. The van der Waals surface area contributed by atoms with E-state index >= 15 is 0 Å². The molecule has 1 fully saturated rings. The van der Waals surface area contributed by atoms with E-state index in [-0.39, 0.29) is 12.0 Å². The predicted molar refractivity (Wildman–Crippen MR) is 101 cm³/mol. The van der Waals surface area contributed by atoms with Crippen molar-refractivity contribution in [2.24, 2.45) is 5.92 Å². The Kier molecular flexibility index (Phi) is 5.24. The van der Waals surface area contributed by atoms with Gasteiger partial charge in [-0.2, -0.15) is 0 Å². The third-order valence-corrected chi connectivity index (χ3v) is 5.16. The third kappa shape index (κ3) is 4.10. The fourth-order valence-corrected chi connectivity index (χ4v) is 4.03. The van der Waals surface area contributed by atoms with Gasteiger partial charge in [0.1, 0.15) is 0 Å². The molecule has 1 saturated heterocycles. The first kappa shape index (κ1) is 17.7. The summed E-state index contributed by atoms with van der Waals surface area (Å²) in [4.78, 5) is 13.7. The van der Waals surface area contributed by atoms with Crippen molar-refractivity contribution in [2.45, 2.75) is 39.7 Å². The second-order valence-electron chi connectivity index (χ2n) is 7.39. The number of hydrogen-bond donors (Lipinski definition) is 1. The van der Waals surface area contributed by atoms with E-state index in [1.807, 2.05) is 0 Å². The Hall–Kier alpha value is -2.13. The number of nitrogens with zero attached hydrogens (tertiary/aromatic N) is 1. The van der Waals surface area contributed by atoms with E-state index in [2.05, 4.69) is 68.1 Å². The van der Waals surface area contributed by atoms with E-state index in [1.54, 1.807) is 0 Å². The number of carboxylic acids is 1. The summed E-state index contributed by atoms with van der Waals surface area (Å²) in [5, 5.41) is 9.29. The molecule has 1 aliphatic heterocycles. The van der Waals surface area contributed by atoms with E-state index in [4.69, 9.17) is 0 Å². The Morgan fingerprint density at radius 2 is 1.56 bits per heavy atom. The molecule has 0 amide bonds.